The van der Waals surface area contributed by atoms with E-state index >= 15 is 0 Å². The predicted molar refractivity (Wildman–Crippen MR) is 216 cm³/mol. The molecule has 6 nitrogen and oxygen atoms in total. The Kier molecular flexibility index (Phi) is 9.29. The zero-order valence-corrected chi connectivity index (χ0v) is 32.9. The van der Waals surface area contributed by atoms with Crippen LogP contribution in [0.4, 0.5) is 0 Å². The summed E-state index contributed by atoms with van der Waals surface area (Å²) in [7, 11) is 0. The first-order valence-electron chi connectivity index (χ1n) is 16.1. The molecule has 246 valence electrons. The van der Waals surface area contributed by atoms with Crippen molar-refractivity contribution >= 4 is 155 Å². The van der Waals surface area contributed by atoms with Gasteiger partial charge in [0.05, 0.1) is 50.7 Å². The minimum atomic E-state index is 0.00178. The van der Waals surface area contributed by atoms with Crippen LogP contribution in [-0.4, -0.2) is 52.5 Å². The SMILES string of the molecule is CCC(C)Cn1c2cc(/C=C3\SC(=S)N(CC)C3=O)sc2c2sc3c4sc(/C=C5\SC(=S)N(CC)C5=O)cc4n(CC(C)CC)c3c21. The molecule has 2 amide bonds. The summed E-state index contributed by atoms with van der Waals surface area (Å²) in [4.78, 5) is 33.0. The third kappa shape index (κ3) is 5.57. The molecule has 7 heterocycles. The first-order chi connectivity index (χ1) is 22.6. The number of thioether (sulfide) groups is 2. The minimum Gasteiger partial charge on any atom is -0.337 e. The lowest BCUT2D eigenvalue weighted by molar-refractivity contribution is -0.122. The van der Waals surface area contributed by atoms with E-state index in [0.29, 0.717) is 43.4 Å². The maximum Gasteiger partial charge on any atom is 0.266 e. The molecular weight excluding hydrogens is 721 g/mol. The van der Waals surface area contributed by atoms with Crippen LogP contribution < -0.4 is 0 Å². The molecule has 2 aliphatic rings. The third-order valence-corrected chi connectivity index (χ3v) is 15.6. The predicted octanol–water partition coefficient (Wildman–Crippen LogP) is 10.6. The van der Waals surface area contributed by atoms with E-state index in [9.17, 15) is 9.59 Å². The van der Waals surface area contributed by atoms with Crippen molar-refractivity contribution in [3.8, 4) is 0 Å². The summed E-state index contributed by atoms with van der Waals surface area (Å²) >= 11 is 19.2. The Balaban J connectivity index is 1.43. The highest BCUT2D eigenvalue weighted by Crippen LogP contribution is 2.50. The second-order valence-electron chi connectivity index (χ2n) is 12.3. The zero-order valence-electron chi connectivity index (χ0n) is 27.2. The van der Waals surface area contributed by atoms with Crippen molar-refractivity contribution in [3.63, 3.8) is 0 Å². The van der Waals surface area contributed by atoms with Gasteiger partial charge in [0.15, 0.2) is 0 Å². The van der Waals surface area contributed by atoms with Crippen LogP contribution in [0.1, 0.15) is 64.1 Å². The summed E-state index contributed by atoms with van der Waals surface area (Å²) in [6.45, 7) is 16.1. The number of nitrogens with zero attached hydrogens (tertiary/aromatic N) is 4. The summed E-state index contributed by atoms with van der Waals surface area (Å²) in [6.07, 6.45) is 6.25. The topological polar surface area (TPSA) is 50.5 Å². The number of hydrogen-bond acceptors (Lipinski definition) is 9. The van der Waals surface area contributed by atoms with E-state index < -0.39 is 0 Å². The maximum absolute atomic E-state index is 13.0. The van der Waals surface area contributed by atoms with Gasteiger partial charge in [0.1, 0.15) is 8.64 Å². The van der Waals surface area contributed by atoms with Crippen molar-refractivity contribution in [1.29, 1.82) is 0 Å². The Labute approximate surface area is 305 Å². The molecule has 0 aliphatic carbocycles. The molecule has 0 saturated carbocycles. The van der Waals surface area contributed by atoms with Crippen LogP contribution in [0.5, 0.6) is 0 Å². The van der Waals surface area contributed by atoms with Crippen molar-refractivity contribution in [2.75, 3.05) is 13.1 Å². The number of thiocarbonyl (C=S) groups is 2. The maximum atomic E-state index is 13.0. The van der Waals surface area contributed by atoms with E-state index in [0.717, 1.165) is 35.7 Å². The first-order valence-corrected chi connectivity index (χ1v) is 21.0. The Morgan fingerprint density at radius 2 is 1.06 bits per heavy atom. The molecule has 7 rings (SSSR count). The zero-order chi connectivity index (χ0) is 33.3. The van der Waals surface area contributed by atoms with Gasteiger partial charge in [-0.25, -0.2) is 0 Å². The summed E-state index contributed by atoms with van der Waals surface area (Å²) in [5.74, 6) is 1.03. The molecule has 0 bridgehead atoms. The van der Waals surface area contributed by atoms with Gasteiger partial charge >= 0.3 is 0 Å². The van der Waals surface area contributed by atoms with Crippen molar-refractivity contribution in [2.45, 2.75) is 67.5 Å². The average Bonchev–Trinajstić information content (AvgIpc) is 3.89. The molecule has 0 radical (unpaired) electrons. The molecule has 2 saturated heterocycles. The number of aromatic nitrogens is 2. The lowest BCUT2D eigenvalue weighted by Gasteiger charge is -2.15. The second kappa shape index (κ2) is 13.0. The van der Waals surface area contributed by atoms with E-state index in [4.69, 9.17) is 24.4 Å². The highest BCUT2D eigenvalue weighted by molar-refractivity contribution is 8.27. The highest BCUT2D eigenvalue weighted by atomic mass is 32.2. The van der Waals surface area contributed by atoms with E-state index in [1.165, 1.54) is 64.4 Å². The summed E-state index contributed by atoms with van der Waals surface area (Å²) in [5.41, 5.74) is 5.14. The van der Waals surface area contributed by atoms with E-state index in [1.807, 2.05) is 37.3 Å². The lowest BCUT2D eigenvalue weighted by atomic mass is 10.1. The molecule has 2 fully saturated rings. The van der Waals surface area contributed by atoms with Gasteiger partial charge in [-0.1, -0.05) is 88.5 Å². The number of carbonyl (C=O) groups excluding carboxylic acids is 2. The number of fused-ring (bicyclic) bond motifs is 7. The molecule has 5 aromatic heterocycles. The van der Waals surface area contributed by atoms with E-state index in [2.05, 4.69) is 49.0 Å². The van der Waals surface area contributed by atoms with Gasteiger partial charge < -0.3 is 9.13 Å². The largest absolute Gasteiger partial charge is 0.337 e. The fourth-order valence-electron chi connectivity index (χ4n) is 6.20. The Hall–Kier alpha value is -2.00. The molecule has 5 aromatic rings. The lowest BCUT2D eigenvalue weighted by Crippen LogP contribution is -2.27. The van der Waals surface area contributed by atoms with Gasteiger partial charge in [0, 0.05) is 35.9 Å². The Morgan fingerprint density at radius 3 is 1.40 bits per heavy atom. The third-order valence-electron chi connectivity index (χ3n) is 9.16. The van der Waals surface area contributed by atoms with Gasteiger partial charge in [-0.3, -0.25) is 19.4 Å². The van der Waals surface area contributed by atoms with Gasteiger partial charge in [0.2, 0.25) is 0 Å². The molecule has 2 aliphatic heterocycles. The normalized spacial score (nSPS) is 19.2. The molecule has 2 unspecified atom stereocenters. The highest BCUT2D eigenvalue weighted by Gasteiger charge is 2.33. The van der Waals surface area contributed by atoms with Crippen LogP contribution in [0.15, 0.2) is 21.9 Å². The van der Waals surface area contributed by atoms with Gasteiger partial charge in [-0.2, -0.15) is 0 Å². The monoisotopic (exact) mass is 756 g/mol. The van der Waals surface area contributed by atoms with Crippen LogP contribution in [0.3, 0.4) is 0 Å². The van der Waals surface area contributed by atoms with Gasteiger partial charge in [-0.15, -0.1) is 34.0 Å². The number of thiophene rings is 3. The van der Waals surface area contributed by atoms with Crippen LogP contribution in [0.25, 0.3) is 53.0 Å². The van der Waals surface area contributed by atoms with Gasteiger partial charge in [0.25, 0.3) is 11.8 Å². The molecule has 2 atom stereocenters. The summed E-state index contributed by atoms with van der Waals surface area (Å²) in [5, 5.41) is 0. The standard InChI is InChI=1S/C34H36N4O2S7/c1-7-17(5)15-37-21-11-19(13-23-31(39)35(9-3)33(41)45-23)43-27(21)29-25(37)26-30(47-29)28-22(38(26)16-18(6)8-2)12-20(44-28)14-24-32(40)36(10-4)34(42)46-24/h11-14,17-18H,7-10,15-16H2,1-6H3/b23-13-,24-14-. The fourth-order valence-corrected chi connectivity index (χ4v) is 12.9. The molecular formula is C34H36N4O2S7. The number of amides is 2. The van der Waals surface area contributed by atoms with Crippen LogP contribution in [-0.2, 0) is 22.7 Å². The van der Waals surface area contributed by atoms with Crippen LogP contribution in [0, 0.1) is 11.8 Å². The molecule has 0 aromatic carbocycles. The molecule has 0 spiro atoms. The second-order valence-corrected chi connectivity index (χ2v) is 18.8. The minimum absolute atomic E-state index is 0.00178. The summed E-state index contributed by atoms with van der Waals surface area (Å²) in [6, 6.07) is 4.54. The summed E-state index contributed by atoms with van der Waals surface area (Å²) < 4.78 is 11.6. The number of rotatable bonds is 10. The molecule has 47 heavy (non-hydrogen) atoms. The quantitative estimate of drug-likeness (QED) is 0.104. The molecule has 0 N–H and O–H groups in total. The number of carbonyl (C=O) groups is 2. The van der Waals surface area contributed by atoms with E-state index in [-0.39, 0.29) is 11.8 Å². The van der Waals surface area contributed by atoms with Crippen LogP contribution in [0.2, 0.25) is 0 Å². The first kappa shape index (κ1) is 33.5. The van der Waals surface area contributed by atoms with Crippen molar-refractivity contribution in [3.05, 3.63) is 31.7 Å². The van der Waals surface area contributed by atoms with Crippen molar-refractivity contribution < 1.29 is 9.59 Å². The van der Waals surface area contributed by atoms with Crippen molar-refractivity contribution in [2.24, 2.45) is 11.8 Å². The average molecular weight is 757 g/mol. The smallest absolute Gasteiger partial charge is 0.266 e. The van der Waals surface area contributed by atoms with Crippen LogP contribution >= 0.6 is 82.0 Å². The van der Waals surface area contributed by atoms with E-state index in [1.54, 1.807) is 32.5 Å². The Morgan fingerprint density at radius 1 is 0.660 bits per heavy atom. The fraction of sp³-hybridized carbons (Fsp3) is 0.412. The number of likely N-dealkylation sites (N-methyl/N-ethyl adjacent to an activating group) is 2. The Bertz CT molecular complexity index is 2040. The number of hydrogen-bond donors (Lipinski definition) is 0. The molecule has 13 heteroatoms. The van der Waals surface area contributed by atoms with Gasteiger partial charge in [-0.05, 0) is 50.0 Å². The van der Waals surface area contributed by atoms with Crippen molar-refractivity contribution in [1.82, 2.24) is 18.9 Å².